The molecule has 0 amide bonds. The van der Waals surface area contributed by atoms with Crippen LogP contribution in [0.2, 0.25) is 0 Å². The van der Waals surface area contributed by atoms with Gasteiger partial charge in [0.05, 0.1) is 7.05 Å². The zero-order valence-corrected chi connectivity index (χ0v) is 26.0. The second-order valence-corrected chi connectivity index (χ2v) is 12.1. The van der Waals surface area contributed by atoms with Gasteiger partial charge in [0.2, 0.25) is 0 Å². The van der Waals surface area contributed by atoms with Crippen LogP contribution >= 0.6 is 0 Å². The Balaban J connectivity index is 1.17. The third-order valence-corrected chi connectivity index (χ3v) is 9.31. The molecule has 9 rings (SSSR count). The van der Waals surface area contributed by atoms with Crippen LogP contribution < -0.4 is 4.57 Å². The maximum atomic E-state index is 6.66. The fraction of sp³-hybridized carbons (Fsp3) is 0.0227. The largest absolute Gasteiger partial charge is 0.455 e. The minimum absolute atomic E-state index is 0.889. The molecular weight excluding hydrogens is 572 g/mol. The van der Waals surface area contributed by atoms with E-state index < -0.39 is 0 Å². The molecule has 0 saturated carbocycles. The van der Waals surface area contributed by atoms with Crippen LogP contribution in [0.15, 0.2) is 174 Å². The maximum Gasteiger partial charge on any atom is 0.298 e. The van der Waals surface area contributed by atoms with Gasteiger partial charge in [-0.05, 0) is 75.8 Å². The van der Waals surface area contributed by atoms with Crippen LogP contribution in [-0.2, 0) is 7.05 Å². The molecule has 0 N–H and O–H groups in total. The molecule has 0 bridgehead atoms. The lowest BCUT2D eigenvalue weighted by Gasteiger charge is -2.07. The lowest BCUT2D eigenvalue weighted by atomic mass is 10.00. The van der Waals surface area contributed by atoms with Crippen molar-refractivity contribution in [1.82, 2.24) is 4.57 Å². The molecule has 222 valence electrons. The molecule has 7 aromatic carbocycles. The summed E-state index contributed by atoms with van der Waals surface area (Å²) in [6.45, 7) is 0. The fourth-order valence-electron chi connectivity index (χ4n) is 6.95. The summed E-state index contributed by atoms with van der Waals surface area (Å²) in [5, 5.41) is 2.23. The van der Waals surface area contributed by atoms with Crippen molar-refractivity contribution in [3.8, 4) is 50.5 Å². The highest BCUT2D eigenvalue weighted by molar-refractivity contribution is 6.10. The topological polar surface area (TPSA) is 21.9 Å². The van der Waals surface area contributed by atoms with Crippen molar-refractivity contribution in [2.75, 3.05) is 0 Å². The normalized spacial score (nSPS) is 11.5. The molecular formula is C44H31N2O+. The second kappa shape index (κ2) is 11.0. The van der Waals surface area contributed by atoms with Crippen LogP contribution in [0.1, 0.15) is 0 Å². The van der Waals surface area contributed by atoms with E-state index in [4.69, 9.17) is 4.42 Å². The lowest BCUT2D eigenvalue weighted by molar-refractivity contribution is -0.633. The smallest absolute Gasteiger partial charge is 0.298 e. The first-order chi connectivity index (χ1) is 23.2. The highest BCUT2D eigenvalue weighted by atomic mass is 16.3. The van der Waals surface area contributed by atoms with Crippen molar-refractivity contribution in [1.29, 1.82) is 0 Å². The molecule has 0 spiro atoms. The molecule has 3 nitrogen and oxygen atoms in total. The van der Waals surface area contributed by atoms with E-state index in [-0.39, 0.29) is 0 Å². The molecule has 0 saturated heterocycles. The Bertz CT molecular complexity index is 2540. The van der Waals surface area contributed by atoms with Gasteiger partial charge in [0.25, 0.3) is 5.82 Å². The molecule has 0 aliphatic heterocycles. The van der Waals surface area contributed by atoms with Crippen molar-refractivity contribution in [2.24, 2.45) is 7.05 Å². The van der Waals surface area contributed by atoms with Crippen molar-refractivity contribution in [2.45, 2.75) is 0 Å². The zero-order valence-electron chi connectivity index (χ0n) is 26.0. The van der Waals surface area contributed by atoms with E-state index in [0.717, 1.165) is 50.0 Å². The van der Waals surface area contributed by atoms with Crippen LogP contribution in [0.5, 0.6) is 0 Å². The third-order valence-electron chi connectivity index (χ3n) is 9.31. The molecule has 0 unspecified atom stereocenters. The Labute approximate surface area is 273 Å². The Morgan fingerprint density at radius 2 is 1.02 bits per heavy atom. The molecule has 0 atom stereocenters. The van der Waals surface area contributed by atoms with Gasteiger partial charge in [-0.1, -0.05) is 127 Å². The van der Waals surface area contributed by atoms with E-state index in [2.05, 4.69) is 186 Å². The number of benzene rings is 7. The van der Waals surface area contributed by atoms with Crippen molar-refractivity contribution in [3.63, 3.8) is 0 Å². The molecule has 0 radical (unpaired) electrons. The number of furan rings is 1. The molecule has 2 heterocycles. The number of nitrogens with zero attached hydrogens (tertiary/aromatic N) is 2. The van der Waals surface area contributed by atoms with Gasteiger partial charge in [0.1, 0.15) is 16.8 Å². The molecule has 0 fully saturated rings. The summed E-state index contributed by atoms with van der Waals surface area (Å²) >= 11 is 0. The number of fused-ring (bicyclic) bond motifs is 4. The summed E-state index contributed by atoms with van der Waals surface area (Å²) in [6.07, 6.45) is 0. The number of imidazole rings is 1. The van der Waals surface area contributed by atoms with Gasteiger partial charge >= 0.3 is 0 Å². The lowest BCUT2D eigenvalue weighted by Crippen LogP contribution is -2.30. The Morgan fingerprint density at radius 3 is 1.70 bits per heavy atom. The first kappa shape index (κ1) is 27.1. The quantitative estimate of drug-likeness (QED) is 0.179. The average molecular weight is 604 g/mol. The number of hydrogen-bond donors (Lipinski definition) is 0. The third kappa shape index (κ3) is 4.55. The first-order valence-corrected chi connectivity index (χ1v) is 16.0. The second-order valence-electron chi connectivity index (χ2n) is 12.1. The summed E-state index contributed by atoms with van der Waals surface area (Å²) in [5.41, 5.74) is 13.4. The predicted molar refractivity (Wildman–Crippen MR) is 193 cm³/mol. The van der Waals surface area contributed by atoms with Crippen molar-refractivity contribution >= 4 is 33.0 Å². The van der Waals surface area contributed by atoms with Crippen LogP contribution in [0, 0.1) is 0 Å². The summed E-state index contributed by atoms with van der Waals surface area (Å²) in [4.78, 5) is 0. The van der Waals surface area contributed by atoms with Crippen LogP contribution in [0.4, 0.5) is 0 Å². The minimum atomic E-state index is 0.889. The average Bonchev–Trinajstić information content (AvgIpc) is 3.67. The standard InChI is InChI=1S/C44H31N2O/c1-45-40-17-8-9-18-41(40)46(36-26-23-34(24-27-36)33-21-19-32(20-22-33)30-11-4-2-5-12-30)44(45)38-16-10-15-37-39-29-35(31-13-6-3-7-14-31)25-28-42(39)47-43(37)38/h2-29H,1H3/q+1. The van der Waals surface area contributed by atoms with E-state index in [9.17, 15) is 0 Å². The Morgan fingerprint density at radius 1 is 0.468 bits per heavy atom. The van der Waals surface area contributed by atoms with Crippen LogP contribution in [0.25, 0.3) is 83.4 Å². The summed E-state index contributed by atoms with van der Waals surface area (Å²) in [5.74, 6) is 1.07. The Hall–Kier alpha value is -6.19. The van der Waals surface area contributed by atoms with Gasteiger partial charge in [0, 0.05) is 10.8 Å². The van der Waals surface area contributed by atoms with Gasteiger partial charge in [-0.15, -0.1) is 0 Å². The van der Waals surface area contributed by atoms with E-state index in [1.807, 2.05) is 0 Å². The van der Waals surface area contributed by atoms with Crippen molar-refractivity contribution in [3.05, 3.63) is 170 Å². The number of aromatic nitrogens is 2. The van der Waals surface area contributed by atoms with E-state index in [1.165, 1.54) is 33.4 Å². The van der Waals surface area contributed by atoms with Crippen LogP contribution in [-0.4, -0.2) is 4.57 Å². The van der Waals surface area contributed by atoms with Crippen molar-refractivity contribution < 1.29 is 8.98 Å². The van der Waals surface area contributed by atoms with Gasteiger partial charge in [-0.3, -0.25) is 0 Å². The predicted octanol–water partition coefficient (Wildman–Crippen LogP) is 11.0. The number of aryl methyl sites for hydroxylation is 1. The fourth-order valence-corrected chi connectivity index (χ4v) is 6.95. The zero-order chi connectivity index (χ0) is 31.3. The summed E-state index contributed by atoms with van der Waals surface area (Å²) < 4.78 is 11.3. The summed E-state index contributed by atoms with van der Waals surface area (Å²) in [7, 11) is 2.14. The van der Waals surface area contributed by atoms with Gasteiger partial charge in [-0.2, -0.15) is 4.57 Å². The first-order valence-electron chi connectivity index (χ1n) is 16.0. The van der Waals surface area contributed by atoms with E-state index in [0.29, 0.717) is 0 Å². The summed E-state index contributed by atoms with van der Waals surface area (Å²) in [6, 6.07) is 60.3. The number of rotatable bonds is 5. The highest BCUT2D eigenvalue weighted by Crippen LogP contribution is 2.39. The van der Waals surface area contributed by atoms with Gasteiger partial charge in [0.15, 0.2) is 16.6 Å². The molecule has 9 aromatic rings. The van der Waals surface area contributed by atoms with E-state index in [1.54, 1.807) is 0 Å². The number of para-hydroxylation sites is 3. The highest BCUT2D eigenvalue weighted by Gasteiger charge is 2.28. The monoisotopic (exact) mass is 603 g/mol. The Kier molecular flexibility index (Phi) is 6.36. The van der Waals surface area contributed by atoms with Gasteiger partial charge < -0.3 is 4.42 Å². The molecule has 3 heteroatoms. The molecule has 0 aliphatic carbocycles. The number of hydrogen-bond acceptors (Lipinski definition) is 1. The molecule has 2 aromatic heterocycles. The van der Waals surface area contributed by atoms with Gasteiger partial charge in [-0.25, -0.2) is 4.57 Å². The SMILES string of the molecule is C[n+]1c(-c2cccc3c2oc2ccc(-c4ccccc4)cc23)n(-c2ccc(-c3ccc(-c4ccccc4)cc3)cc2)c2ccccc21. The minimum Gasteiger partial charge on any atom is -0.455 e. The maximum absolute atomic E-state index is 6.66. The molecule has 0 aliphatic rings. The van der Waals surface area contributed by atoms with Crippen LogP contribution in [0.3, 0.4) is 0 Å². The van der Waals surface area contributed by atoms with E-state index >= 15 is 0 Å². The molecule has 47 heavy (non-hydrogen) atoms.